The summed E-state index contributed by atoms with van der Waals surface area (Å²) in [5.41, 5.74) is 0.193. The second-order valence-corrected chi connectivity index (χ2v) is 5.51. The van der Waals surface area contributed by atoms with E-state index in [1.807, 2.05) is 12.1 Å². The summed E-state index contributed by atoms with van der Waals surface area (Å²) in [6.45, 7) is 2.19. The highest BCUT2D eigenvalue weighted by molar-refractivity contribution is 6.30. The zero-order chi connectivity index (χ0) is 12.5. The Balaban J connectivity index is 2.35. The first-order chi connectivity index (χ1) is 8.04. The third-order valence-electron chi connectivity index (χ3n) is 3.93. The molecule has 0 unspecified atom stereocenters. The summed E-state index contributed by atoms with van der Waals surface area (Å²) in [5.74, 6) is -0.0681. The van der Waals surface area contributed by atoms with E-state index >= 15 is 0 Å². The van der Waals surface area contributed by atoms with Crippen molar-refractivity contribution in [2.24, 2.45) is 5.92 Å². The zero-order valence-corrected chi connectivity index (χ0v) is 10.7. The maximum atomic E-state index is 11.6. The molecule has 1 fully saturated rings. The molecule has 1 aromatic rings. The first kappa shape index (κ1) is 12.4. The average molecular weight is 253 g/mol. The van der Waals surface area contributed by atoms with E-state index in [0.29, 0.717) is 10.9 Å². The molecule has 0 radical (unpaired) electrons. The molecule has 0 atom stereocenters. The summed E-state index contributed by atoms with van der Waals surface area (Å²) in [5, 5.41) is 10.2. The minimum absolute atomic E-state index is 0.634. The number of carboxylic acid groups (broad SMARTS) is 1. The predicted molar refractivity (Wildman–Crippen MR) is 68.4 cm³/mol. The Morgan fingerprint density at radius 3 is 2.29 bits per heavy atom. The van der Waals surface area contributed by atoms with Gasteiger partial charge in [-0.25, -0.2) is 0 Å². The van der Waals surface area contributed by atoms with E-state index in [1.54, 1.807) is 12.1 Å². The van der Waals surface area contributed by atoms with Gasteiger partial charge in [0.05, 0.1) is 5.41 Å². The SMILES string of the molecule is CC1CCC(C(=O)O)(c2ccc(Cl)cc2)CC1. The van der Waals surface area contributed by atoms with Gasteiger partial charge in [0.15, 0.2) is 0 Å². The number of carbonyl (C=O) groups is 1. The van der Waals surface area contributed by atoms with Crippen LogP contribution in [-0.4, -0.2) is 11.1 Å². The van der Waals surface area contributed by atoms with Crippen molar-refractivity contribution in [1.82, 2.24) is 0 Å². The molecule has 2 nitrogen and oxygen atoms in total. The highest BCUT2D eigenvalue weighted by atomic mass is 35.5. The van der Waals surface area contributed by atoms with Gasteiger partial charge in [-0.1, -0.05) is 30.7 Å². The standard InChI is InChI=1S/C14H17ClO2/c1-10-6-8-14(9-7-10,13(16)17)11-2-4-12(15)5-3-11/h2-5,10H,6-9H2,1H3,(H,16,17). The molecular formula is C14H17ClO2. The monoisotopic (exact) mass is 252 g/mol. The van der Waals surface area contributed by atoms with Crippen LogP contribution in [0.3, 0.4) is 0 Å². The number of halogens is 1. The van der Waals surface area contributed by atoms with E-state index in [1.165, 1.54) is 0 Å². The summed E-state index contributed by atoms with van der Waals surface area (Å²) in [7, 11) is 0. The second-order valence-electron chi connectivity index (χ2n) is 5.08. The molecule has 1 aliphatic carbocycles. The lowest BCUT2D eigenvalue weighted by atomic mass is 9.67. The molecular weight excluding hydrogens is 236 g/mol. The number of aliphatic carboxylic acids is 1. The molecule has 1 saturated carbocycles. The van der Waals surface area contributed by atoms with Crippen LogP contribution in [0.15, 0.2) is 24.3 Å². The number of hydrogen-bond donors (Lipinski definition) is 1. The van der Waals surface area contributed by atoms with E-state index < -0.39 is 11.4 Å². The van der Waals surface area contributed by atoms with Crippen molar-refractivity contribution in [1.29, 1.82) is 0 Å². The Kier molecular flexibility index (Phi) is 3.43. The molecule has 2 rings (SSSR count). The van der Waals surface area contributed by atoms with Gasteiger partial charge in [-0.15, -0.1) is 0 Å². The van der Waals surface area contributed by atoms with Gasteiger partial charge in [0.25, 0.3) is 0 Å². The van der Waals surface area contributed by atoms with Crippen LogP contribution in [0.4, 0.5) is 0 Å². The number of hydrogen-bond acceptors (Lipinski definition) is 1. The predicted octanol–water partition coefficient (Wildman–Crippen LogP) is 3.87. The van der Waals surface area contributed by atoms with Crippen LogP contribution in [0.1, 0.15) is 38.2 Å². The summed E-state index contributed by atoms with van der Waals surface area (Å²) < 4.78 is 0. The highest BCUT2D eigenvalue weighted by Crippen LogP contribution is 2.42. The lowest BCUT2D eigenvalue weighted by molar-refractivity contribution is -0.145. The Hall–Kier alpha value is -1.02. The quantitative estimate of drug-likeness (QED) is 0.868. The molecule has 0 saturated heterocycles. The van der Waals surface area contributed by atoms with Gasteiger partial charge in [0.1, 0.15) is 0 Å². The maximum Gasteiger partial charge on any atom is 0.314 e. The van der Waals surface area contributed by atoms with Crippen LogP contribution in [0.25, 0.3) is 0 Å². The summed E-state index contributed by atoms with van der Waals surface area (Å²) in [6, 6.07) is 7.26. The van der Waals surface area contributed by atoms with Crippen molar-refractivity contribution >= 4 is 17.6 Å². The van der Waals surface area contributed by atoms with Gasteiger partial charge >= 0.3 is 5.97 Å². The topological polar surface area (TPSA) is 37.3 Å². The lowest BCUT2D eigenvalue weighted by Crippen LogP contribution is -2.39. The zero-order valence-electron chi connectivity index (χ0n) is 9.95. The van der Waals surface area contributed by atoms with Crippen molar-refractivity contribution in [3.63, 3.8) is 0 Å². The van der Waals surface area contributed by atoms with Gasteiger partial charge in [-0.05, 0) is 49.3 Å². The van der Waals surface area contributed by atoms with Crippen molar-refractivity contribution in [2.45, 2.75) is 38.0 Å². The largest absolute Gasteiger partial charge is 0.481 e. The Labute approximate surface area is 107 Å². The van der Waals surface area contributed by atoms with Crippen LogP contribution in [0.2, 0.25) is 5.02 Å². The van der Waals surface area contributed by atoms with Crippen LogP contribution in [0, 0.1) is 5.92 Å². The molecule has 0 amide bonds. The minimum Gasteiger partial charge on any atom is -0.481 e. The molecule has 0 heterocycles. The summed E-state index contributed by atoms with van der Waals surface area (Å²) >= 11 is 5.85. The first-order valence-corrected chi connectivity index (χ1v) is 6.42. The fraction of sp³-hybridized carbons (Fsp3) is 0.500. The molecule has 0 aromatic heterocycles. The van der Waals surface area contributed by atoms with E-state index in [-0.39, 0.29) is 0 Å². The molecule has 0 spiro atoms. The maximum absolute atomic E-state index is 11.6. The van der Waals surface area contributed by atoms with Gasteiger partial charge in [0.2, 0.25) is 0 Å². The van der Waals surface area contributed by atoms with Crippen LogP contribution < -0.4 is 0 Å². The Morgan fingerprint density at radius 1 is 1.29 bits per heavy atom. The normalized spacial score (nSPS) is 28.9. The van der Waals surface area contributed by atoms with E-state index in [0.717, 1.165) is 31.2 Å². The van der Waals surface area contributed by atoms with Crippen LogP contribution >= 0.6 is 11.6 Å². The molecule has 1 N–H and O–H groups in total. The smallest absolute Gasteiger partial charge is 0.314 e. The molecule has 3 heteroatoms. The third-order valence-corrected chi connectivity index (χ3v) is 4.19. The Morgan fingerprint density at radius 2 is 1.82 bits per heavy atom. The molecule has 0 bridgehead atoms. The van der Waals surface area contributed by atoms with Crippen molar-refractivity contribution < 1.29 is 9.90 Å². The van der Waals surface area contributed by atoms with Crippen molar-refractivity contribution in [3.05, 3.63) is 34.9 Å². The van der Waals surface area contributed by atoms with Gasteiger partial charge in [0, 0.05) is 5.02 Å². The lowest BCUT2D eigenvalue weighted by Gasteiger charge is -2.36. The number of rotatable bonds is 2. The highest BCUT2D eigenvalue weighted by Gasteiger charge is 2.42. The second kappa shape index (κ2) is 4.69. The fourth-order valence-corrected chi connectivity index (χ4v) is 2.78. The molecule has 0 aliphatic heterocycles. The summed E-state index contributed by atoms with van der Waals surface area (Å²) in [4.78, 5) is 11.6. The molecule has 17 heavy (non-hydrogen) atoms. The third kappa shape index (κ3) is 2.32. The Bertz CT molecular complexity index is 403. The van der Waals surface area contributed by atoms with Crippen LogP contribution in [0.5, 0.6) is 0 Å². The number of benzene rings is 1. The average Bonchev–Trinajstić information content (AvgIpc) is 2.31. The van der Waals surface area contributed by atoms with E-state index in [9.17, 15) is 9.90 Å². The van der Waals surface area contributed by atoms with Gasteiger partial charge < -0.3 is 5.11 Å². The van der Waals surface area contributed by atoms with E-state index in [2.05, 4.69) is 6.92 Å². The van der Waals surface area contributed by atoms with Crippen LogP contribution in [-0.2, 0) is 10.2 Å². The fourth-order valence-electron chi connectivity index (χ4n) is 2.65. The summed E-state index contributed by atoms with van der Waals surface area (Å²) in [6.07, 6.45) is 3.42. The van der Waals surface area contributed by atoms with E-state index in [4.69, 9.17) is 11.6 Å². The van der Waals surface area contributed by atoms with Crippen molar-refractivity contribution in [2.75, 3.05) is 0 Å². The first-order valence-electron chi connectivity index (χ1n) is 6.04. The minimum atomic E-state index is -0.702. The number of carboxylic acids is 1. The molecule has 92 valence electrons. The molecule has 1 aromatic carbocycles. The van der Waals surface area contributed by atoms with Gasteiger partial charge in [-0.2, -0.15) is 0 Å². The van der Waals surface area contributed by atoms with Crippen molar-refractivity contribution in [3.8, 4) is 0 Å². The molecule has 1 aliphatic rings. The van der Waals surface area contributed by atoms with Gasteiger partial charge in [-0.3, -0.25) is 4.79 Å².